The molecule has 1 heterocycles. The second kappa shape index (κ2) is 8.22. The third-order valence-electron chi connectivity index (χ3n) is 5.91. The Bertz CT molecular complexity index is 587. The second-order valence-electron chi connectivity index (χ2n) is 7.87. The highest BCUT2D eigenvalue weighted by molar-refractivity contribution is 5.79. The molecule has 4 heteroatoms. The van der Waals surface area contributed by atoms with E-state index in [-0.39, 0.29) is 5.41 Å². The number of aliphatic imine (C=N–C) groups is 1. The molecule has 1 aliphatic heterocycles. The van der Waals surface area contributed by atoms with E-state index in [0.717, 1.165) is 38.7 Å². The number of ether oxygens (including phenoxy) is 1. The third kappa shape index (κ3) is 4.35. The van der Waals surface area contributed by atoms with Gasteiger partial charge in [0.05, 0.1) is 6.61 Å². The van der Waals surface area contributed by atoms with Gasteiger partial charge in [0, 0.05) is 45.1 Å². The minimum Gasteiger partial charge on any atom is -0.381 e. The molecule has 4 nitrogen and oxygen atoms in total. The van der Waals surface area contributed by atoms with Gasteiger partial charge in [0.25, 0.3) is 0 Å². The number of nitrogens with one attached hydrogen (secondary N) is 1. The summed E-state index contributed by atoms with van der Waals surface area (Å²) < 4.78 is 5.51. The number of guanidine groups is 1. The molecule has 1 saturated heterocycles. The maximum Gasteiger partial charge on any atom is 0.193 e. The van der Waals surface area contributed by atoms with Crippen molar-refractivity contribution in [2.75, 3.05) is 40.4 Å². The van der Waals surface area contributed by atoms with Crippen LogP contribution in [0.3, 0.4) is 0 Å². The average Bonchev–Trinajstić information content (AvgIpc) is 3.28. The van der Waals surface area contributed by atoms with Crippen LogP contribution in [0, 0.1) is 12.8 Å². The van der Waals surface area contributed by atoms with Gasteiger partial charge in [-0.15, -0.1) is 0 Å². The molecule has 1 unspecified atom stereocenters. The van der Waals surface area contributed by atoms with Crippen molar-refractivity contribution in [3.05, 3.63) is 35.4 Å². The maximum absolute atomic E-state index is 5.51. The van der Waals surface area contributed by atoms with Crippen molar-refractivity contribution >= 4 is 5.96 Å². The van der Waals surface area contributed by atoms with Crippen molar-refractivity contribution in [3.63, 3.8) is 0 Å². The van der Waals surface area contributed by atoms with Crippen molar-refractivity contribution < 1.29 is 4.74 Å². The highest BCUT2D eigenvalue weighted by atomic mass is 16.5. The first-order chi connectivity index (χ1) is 12.1. The van der Waals surface area contributed by atoms with E-state index in [1.54, 1.807) is 0 Å². The number of hydrogen-bond donors (Lipinski definition) is 1. The number of nitrogens with zero attached hydrogens (tertiary/aromatic N) is 2. The van der Waals surface area contributed by atoms with Gasteiger partial charge in [-0.2, -0.15) is 0 Å². The van der Waals surface area contributed by atoms with Gasteiger partial charge in [-0.05, 0) is 31.7 Å². The van der Waals surface area contributed by atoms with Crippen molar-refractivity contribution in [1.82, 2.24) is 10.2 Å². The van der Waals surface area contributed by atoms with Gasteiger partial charge in [-0.1, -0.05) is 42.7 Å². The molecule has 0 aromatic heterocycles. The van der Waals surface area contributed by atoms with Crippen LogP contribution in [0.1, 0.15) is 43.2 Å². The molecule has 1 aromatic carbocycles. The Morgan fingerprint density at radius 1 is 1.36 bits per heavy atom. The van der Waals surface area contributed by atoms with Crippen molar-refractivity contribution in [1.29, 1.82) is 0 Å². The molecule has 2 fully saturated rings. The second-order valence-corrected chi connectivity index (χ2v) is 7.87. The summed E-state index contributed by atoms with van der Waals surface area (Å²) in [6, 6.07) is 9.07. The van der Waals surface area contributed by atoms with Gasteiger partial charge >= 0.3 is 0 Å². The van der Waals surface area contributed by atoms with Crippen LogP contribution in [0.4, 0.5) is 0 Å². The van der Waals surface area contributed by atoms with Crippen LogP contribution < -0.4 is 5.32 Å². The molecule has 1 N–H and O–H groups in total. The largest absolute Gasteiger partial charge is 0.381 e. The van der Waals surface area contributed by atoms with E-state index < -0.39 is 0 Å². The minimum atomic E-state index is 0.249. The summed E-state index contributed by atoms with van der Waals surface area (Å²) in [5.41, 5.74) is 3.09. The van der Waals surface area contributed by atoms with Gasteiger partial charge in [0.15, 0.2) is 5.96 Å². The van der Waals surface area contributed by atoms with E-state index in [9.17, 15) is 0 Å². The molecule has 0 spiro atoms. The van der Waals surface area contributed by atoms with Crippen LogP contribution in [-0.2, 0) is 10.2 Å². The molecule has 3 rings (SSSR count). The zero-order valence-electron chi connectivity index (χ0n) is 16.1. The normalized spacial score (nSPS) is 23.0. The van der Waals surface area contributed by atoms with Crippen LogP contribution in [0.25, 0.3) is 0 Å². The molecular formula is C21H33N3O. The lowest BCUT2D eigenvalue weighted by Crippen LogP contribution is -2.46. The van der Waals surface area contributed by atoms with E-state index in [4.69, 9.17) is 4.74 Å². The lowest BCUT2D eigenvalue weighted by Gasteiger charge is -2.33. The minimum absolute atomic E-state index is 0.249. The molecule has 2 aliphatic rings. The van der Waals surface area contributed by atoms with Gasteiger partial charge in [0.1, 0.15) is 0 Å². The fourth-order valence-electron chi connectivity index (χ4n) is 4.43. The highest BCUT2D eigenvalue weighted by Gasteiger charge is 2.36. The quantitative estimate of drug-likeness (QED) is 0.658. The summed E-state index contributed by atoms with van der Waals surface area (Å²) in [7, 11) is 4.03. The number of benzene rings is 1. The van der Waals surface area contributed by atoms with Gasteiger partial charge in [-0.25, -0.2) is 0 Å². The van der Waals surface area contributed by atoms with Gasteiger partial charge < -0.3 is 15.0 Å². The lowest BCUT2D eigenvalue weighted by atomic mass is 9.78. The fourth-order valence-corrected chi connectivity index (χ4v) is 4.43. The molecule has 25 heavy (non-hydrogen) atoms. The van der Waals surface area contributed by atoms with E-state index in [1.165, 1.54) is 36.8 Å². The molecule has 1 aromatic rings. The number of aryl methyl sites for hydroxylation is 1. The monoisotopic (exact) mass is 343 g/mol. The fraction of sp³-hybridized carbons (Fsp3) is 0.667. The summed E-state index contributed by atoms with van der Waals surface area (Å²) >= 11 is 0. The Kier molecular flexibility index (Phi) is 6.00. The van der Waals surface area contributed by atoms with Crippen molar-refractivity contribution in [2.45, 2.75) is 44.4 Å². The average molecular weight is 344 g/mol. The Labute approximate surface area is 152 Å². The number of hydrogen-bond acceptors (Lipinski definition) is 2. The molecule has 1 atom stereocenters. The first kappa shape index (κ1) is 18.2. The molecule has 138 valence electrons. The highest BCUT2D eigenvalue weighted by Crippen LogP contribution is 2.40. The molecule has 1 saturated carbocycles. The number of rotatable bonds is 5. The Morgan fingerprint density at radius 3 is 2.80 bits per heavy atom. The first-order valence-electron chi connectivity index (χ1n) is 9.70. The summed E-state index contributed by atoms with van der Waals surface area (Å²) in [4.78, 5) is 6.79. The first-order valence-corrected chi connectivity index (χ1v) is 9.70. The Hall–Kier alpha value is -1.55. The lowest BCUT2D eigenvalue weighted by molar-refractivity contribution is 0.181. The summed E-state index contributed by atoms with van der Waals surface area (Å²) in [6.07, 6.45) is 6.34. The van der Waals surface area contributed by atoms with Crippen LogP contribution in [0.5, 0.6) is 0 Å². The van der Waals surface area contributed by atoms with E-state index in [2.05, 4.69) is 53.4 Å². The zero-order chi connectivity index (χ0) is 17.7. The maximum atomic E-state index is 5.51. The van der Waals surface area contributed by atoms with Crippen molar-refractivity contribution in [2.24, 2.45) is 10.9 Å². The van der Waals surface area contributed by atoms with E-state index in [0.29, 0.717) is 5.92 Å². The topological polar surface area (TPSA) is 36.9 Å². The van der Waals surface area contributed by atoms with Gasteiger partial charge in [-0.3, -0.25) is 4.99 Å². The Balaban J connectivity index is 1.65. The van der Waals surface area contributed by atoms with Crippen molar-refractivity contribution in [3.8, 4) is 0 Å². The SMILES string of the molecule is CN=C(NCC1(c2cccc(C)c2)CCCC1)N(C)CC1CCOC1. The molecular weight excluding hydrogens is 310 g/mol. The third-order valence-corrected chi connectivity index (χ3v) is 5.91. The molecule has 0 radical (unpaired) electrons. The van der Waals surface area contributed by atoms with Crippen LogP contribution >= 0.6 is 0 Å². The van der Waals surface area contributed by atoms with Crippen LogP contribution in [0.15, 0.2) is 29.3 Å². The molecule has 0 bridgehead atoms. The van der Waals surface area contributed by atoms with E-state index >= 15 is 0 Å². The standard InChI is InChI=1S/C21H33N3O/c1-17-7-6-8-19(13-17)21(10-4-5-11-21)16-23-20(22-2)24(3)14-18-9-12-25-15-18/h6-8,13,18H,4-5,9-12,14-16H2,1-3H3,(H,22,23). The van der Waals surface area contributed by atoms with E-state index in [1.807, 2.05) is 7.05 Å². The summed E-state index contributed by atoms with van der Waals surface area (Å²) in [5.74, 6) is 1.63. The smallest absolute Gasteiger partial charge is 0.193 e. The molecule has 1 aliphatic carbocycles. The zero-order valence-corrected chi connectivity index (χ0v) is 16.1. The predicted molar refractivity (Wildman–Crippen MR) is 104 cm³/mol. The van der Waals surface area contributed by atoms with Gasteiger partial charge in [0.2, 0.25) is 0 Å². The predicted octanol–water partition coefficient (Wildman–Crippen LogP) is 3.35. The van der Waals surface area contributed by atoms with Crippen LogP contribution in [0.2, 0.25) is 0 Å². The van der Waals surface area contributed by atoms with Crippen LogP contribution in [-0.4, -0.2) is 51.3 Å². The summed E-state index contributed by atoms with van der Waals surface area (Å²) in [5, 5.41) is 3.68. The molecule has 0 amide bonds. The Morgan fingerprint density at radius 2 is 2.16 bits per heavy atom. The summed E-state index contributed by atoms with van der Waals surface area (Å²) in [6.45, 7) is 5.96.